The Bertz CT molecular complexity index is 931. The van der Waals surface area contributed by atoms with Crippen molar-refractivity contribution in [2.24, 2.45) is 5.92 Å². The van der Waals surface area contributed by atoms with E-state index in [0.29, 0.717) is 24.2 Å². The largest absolute Gasteiger partial charge is 0.376 e. The van der Waals surface area contributed by atoms with Crippen LogP contribution < -0.4 is 10.9 Å². The molecular formula is C20H27N3O3S2. The maximum absolute atomic E-state index is 13.1. The Kier molecular flexibility index (Phi) is 6.08. The van der Waals surface area contributed by atoms with E-state index in [-0.39, 0.29) is 23.3 Å². The van der Waals surface area contributed by atoms with Gasteiger partial charge in [0.1, 0.15) is 4.83 Å². The average Bonchev–Trinajstić information content (AvgIpc) is 3.31. The van der Waals surface area contributed by atoms with Crippen LogP contribution in [0.25, 0.3) is 10.2 Å². The molecule has 1 N–H and O–H groups in total. The number of aromatic nitrogens is 2. The quantitative estimate of drug-likeness (QED) is 0.573. The minimum atomic E-state index is -0.0446. The summed E-state index contributed by atoms with van der Waals surface area (Å²) < 4.78 is 7.25. The zero-order valence-electron chi connectivity index (χ0n) is 16.5. The number of ether oxygens (including phenoxy) is 1. The van der Waals surface area contributed by atoms with Gasteiger partial charge in [0.15, 0.2) is 5.16 Å². The number of amides is 1. The predicted molar refractivity (Wildman–Crippen MR) is 113 cm³/mol. The van der Waals surface area contributed by atoms with Crippen molar-refractivity contribution in [1.82, 2.24) is 14.9 Å². The molecule has 0 unspecified atom stereocenters. The number of thioether (sulfide) groups is 1. The van der Waals surface area contributed by atoms with E-state index in [4.69, 9.17) is 9.72 Å². The maximum atomic E-state index is 13.1. The summed E-state index contributed by atoms with van der Waals surface area (Å²) in [6.45, 7) is 6.12. The number of carbonyl (C=O) groups is 1. The number of nitrogens with zero attached hydrogens (tertiary/aromatic N) is 2. The number of carbonyl (C=O) groups excluding carboxylic acids is 1. The summed E-state index contributed by atoms with van der Waals surface area (Å²) >= 11 is 3.00. The van der Waals surface area contributed by atoms with Crippen LogP contribution in [0.4, 0.5) is 0 Å². The van der Waals surface area contributed by atoms with Crippen molar-refractivity contribution in [3.05, 3.63) is 20.8 Å². The first-order chi connectivity index (χ1) is 13.6. The zero-order valence-corrected chi connectivity index (χ0v) is 18.1. The van der Waals surface area contributed by atoms with Crippen LogP contribution in [0, 0.1) is 5.92 Å². The molecule has 1 aliphatic heterocycles. The minimum absolute atomic E-state index is 0.0433. The van der Waals surface area contributed by atoms with E-state index in [2.05, 4.69) is 12.2 Å². The number of hydrogen-bond acceptors (Lipinski definition) is 6. The van der Waals surface area contributed by atoms with Gasteiger partial charge in [-0.15, -0.1) is 11.3 Å². The SMILES string of the molecule is CCn1c(SCC(=O)NC[C@H]2CCCO2)nc2sc3c(c2c1=O)CC[C@H](C)C3. The molecule has 3 heterocycles. The van der Waals surface area contributed by atoms with Crippen LogP contribution in [0.15, 0.2) is 9.95 Å². The molecule has 8 heteroatoms. The Morgan fingerprint density at radius 1 is 1.43 bits per heavy atom. The molecule has 152 valence electrons. The zero-order chi connectivity index (χ0) is 19.7. The van der Waals surface area contributed by atoms with Crippen molar-refractivity contribution < 1.29 is 9.53 Å². The molecule has 2 aliphatic rings. The third kappa shape index (κ3) is 4.00. The molecule has 2 aromatic rings. The molecule has 2 atom stereocenters. The number of thiophene rings is 1. The van der Waals surface area contributed by atoms with Crippen molar-refractivity contribution in [3.8, 4) is 0 Å². The Labute approximate surface area is 173 Å². The fourth-order valence-corrected chi connectivity index (χ4v) is 6.32. The van der Waals surface area contributed by atoms with Gasteiger partial charge < -0.3 is 10.1 Å². The van der Waals surface area contributed by atoms with Gasteiger partial charge >= 0.3 is 0 Å². The average molecular weight is 422 g/mol. The van der Waals surface area contributed by atoms with Gasteiger partial charge in [0.05, 0.1) is 17.2 Å². The number of hydrogen-bond donors (Lipinski definition) is 1. The Balaban J connectivity index is 1.52. The first-order valence-corrected chi connectivity index (χ1v) is 11.9. The smallest absolute Gasteiger partial charge is 0.263 e. The summed E-state index contributed by atoms with van der Waals surface area (Å²) in [7, 11) is 0. The van der Waals surface area contributed by atoms with Crippen LogP contribution in [-0.2, 0) is 28.9 Å². The van der Waals surface area contributed by atoms with E-state index >= 15 is 0 Å². The third-order valence-corrected chi connectivity index (χ3v) is 7.70. The first kappa shape index (κ1) is 19.9. The first-order valence-electron chi connectivity index (χ1n) is 10.1. The Hall–Kier alpha value is -1.38. The van der Waals surface area contributed by atoms with E-state index in [1.807, 2.05) is 6.92 Å². The summed E-state index contributed by atoms with van der Waals surface area (Å²) in [4.78, 5) is 32.3. The summed E-state index contributed by atoms with van der Waals surface area (Å²) in [5, 5.41) is 4.38. The molecule has 28 heavy (non-hydrogen) atoms. The number of fused-ring (bicyclic) bond motifs is 3. The van der Waals surface area contributed by atoms with Crippen LogP contribution in [0.5, 0.6) is 0 Å². The standard InChI is InChI=1S/C20H27N3O3S2/c1-3-23-19(25)17-14-7-6-12(2)9-15(14)28-18(17)22-20(23)27-11-16(24)21-10-13-5-4-8-26-13/h12-13H,3-11H2,1-2H3,(H,21,24)/t12-,13+/m0/s1. The second kappa shape index (κ2) is 8.55. The summed E-state index contributed by atoms with van der Waals surface area (Å²) in [6.07, 6.45) is 5.34. The van der Waals surface area contributed by atoms with Gasteiger partial charge in [0, 0.05) is 24.6 Å². The lowest BCUT2D eigenvalue weighted by Crippen LogP contribution is -2.33. The molecule has 0 bridgehead atoms. The van der Waals surface area contributed by atoms with Crippen molar-refractivity contribution in [2.45, 2.75) is 63.8 Å². The van der Waals surface area contributed by atoms with Crippen molar-refractivity contribution in [2.75, 3.05) is 18.9 Å². The van der Waals surface area contributed by atoms with Gasteiger partial charge in [-0.1, -0.05) is 18.7 Å². The lowest BCUT2D eigenvalue weighted by molar-refractivity contribution is -0.119. The number of aryl methyl sites for hydroxylation is 1. The highest BCUT2D eigenvalue weighted by Crippen LogP contribution is 2.36. The van der Waals surface area contributed by atoms with E-state index < -0.39 is 0 Å². The Morgan fingerprint density at radius 3 is 3.04 bits per heavy atom. The van der Waals surface area contributed by atoms with Crippen molar-refractivity contribution >= 4 is 39.2 Å². The second-order valence-corrected chi connectivity index (χ2v) is 9.73. The van der Waals surface area contributed by atoms with E-state index in [0.717, 1.165) is 48.9 Å². The summed E-state index contributed by atoms with van der Waals surface area (Å²) in [5.74, 6) is 0.874. The van der Waals surface area contributed by atoms with Crippen LogP contribution in [0.1, 0.15) is 43.6 Å². The fraction of sp³-hybridized carbons (Fsp3) is 0.650. The molecule has 6 nitrogen and oxygen atoms in total. The van der Waals surface area contributed by atoms with Gasteiger partial charge in [0.2, 0.25) is 5.91 Å². The van der Waals surface area contributed by atoms with E-state index in [9.17, 15) is 9.59 Å². The molecule has 1 saturated heterocycles. The van der Waals surface area contributed by atoms with Gasteiger partial charge in [-0.3, -0.25) is 14.2 Å². The topological polar surface area (TPSA) is 73.2 Å². The minimum Gasteiger partial charge on any atom is -0.376 e. The molecule has 0 saturated carbocycles. The lowest BCUT2D eigenvalue weighted by atomic mass is 9.89. The van der Waals surface area contributed by atoms with Crippen molar-refractivity contribution in [1.29, 1.82) is 0 Å². The highest BCUT2D eigenvalue weighted by atomic mass is 32.2. The van der Waals surface area contributed by atoms with E-state index in [1.54, 1.807) is 15.9 Å². The maximum Gasteiger partial charge on any atom is 0.263 e. The summed E-state index contributed by atoms with van der Waals surface area (Å²) in [5.41, 5.74) is 1.26. The van der Waals surface area contributed by atoms with Crippen LogP contribution >= 0.6 is 23.1 Å². The highest BCUT2D eigenvalue weighted by molar-refractivity contribution is 7.99. The number of rotatable bonds is 6. The second-order valence-electron chi connectivity index (χ2n) is 7.70. The lowest BCUT2D eigenvalue weighted by Gasteiger charge is -2.17. The molecule has 1 fully saturated rings. The third-order valence-electron chi connectivity index (χ3n) is 5.58. The molecule has 0 radical (unpaired) electrons. The van der Waals surface area contributed by atoms with Crippen LogP contribution in [-0.4, -0.2) is 40.5 Å². The number of nitrogens with one attached hydrogen (secondary N) is 1. The van der Waals surface area contributed by atoms with Gasteiger partial charge in [-0.25, -0.2) is 4.98 Å². The monoisotopic (exact) mass is 421 g/mol. The van der Waals surface area contributed by atoms with Gasteiger partial charge in [0.25, 0.3) is 5.56 Å². The molecular weight excluding hydrogens is 394 g/mol. The Morgan fingerprint density at radius 2 is 2.29 bits per heavy atom. The van der Waals surface area contributed by atoms with Gasteiger partial charge in [-0.2, -0.15) is 0 Å². The van der Waals surface area contributed by atoms with Gasteiger partial charge in [-0.05, 0) is 50.5 Å². The predicted octanol–water partition coefficient (Wildman–Crippen LogP) is 2.99. The fourth-order valence-electron chi connectivity index (χ4n) is 4.01. The van der Waals surface area contributed by atoms with Crippen LogP contribution in [0.3, 0.4) is 0 Å². The molecule has 1 amide bonds. The van der Waals surface area contributed by atoms with Crippen molar-refractivity contribution in [3.63, 3.8) is 0 Å². The summed E-state index contributed by atoms with van der Waals surface area (Å²) in [6, 6.07) is 0. The molecule has 1 aliphatic carbocycles. The normalized spacial score (nSPS) is 21.8. The highest BCUT2D eigenvalue weighted by Gasteiger charge is 2.24. The van der Waals surface area contributed by atoms with Crippen LogP contribution in [0.2, 0.25) is 0 Å². The molecule has 2 aromatic heterocycles. The molecule has 4 rings (SSSR count). The van der Waals surface area contributed by atoms with E-state index in [1.165, 1.54) is 22.2 Å². The molecule has 0 spiro atoms. The molecule has 0 aromatic carbocycles.